The quantitative estimate of drug-likeness (QED) is 0.585. The van der Waals surface area contributed by atoms with Crippen molar-refractivity contribution >= 4 is 23.0 Å². The van der Waals surface area contributed by atoms with E-state index in [1.807, 2.05) is 31.3 Å². The number of nitrogens with two attached hydrogens (primary N) is 1. The Morgan fingerprint density at radius 2 is 2.09 bits per heavy atom. The Morgan fingerprint density at radius 3 is 2.74 bits per heavy atom. The minimum atomic E-state index is -0.839. The van der Waals surface area contributed by atoms with Crippen molar-refractivity contribution in [2.75, 3.05) is 18.4 Å². The van der Waals surface area contributed by atoms with Crippen LogP contribution in [0.25, 0.3) is 16.6 Å². The van der Waals surface area contributed by atoms with Crippen LogP contribution < -0.4 is 11.1 Å². The van der Waals surface area contributed by atoms with E-state index in [0.717, 1.165) is 28.8 Å². The van der Waals surface area contributed by atoms with Crippen LogP contribution in [-0.4, -0.2) is 50.4 Å². The molecule has 2 aliphatic rings. The summed E-state index contributed by atoms with van der Waals surface area (Å²) in [5.41, 5.74) is 9.37. The molecule has 0 aromatic carbocycles. The van der Waals surface area contributed by atoms with E-state index < -0.39 is 11.3 Å². The average molecular weight is 458 g/mol. The number of hydrogen-bond donors (Lipinski definition) is 2. The molecule has 0 bridgehead atoms. The van der Waals surface area contributed by atoms with E-state index in [1.54, 1.807) is 15.6 Å². The Kier molecular flexibility index (Phi) is 5.24. The van der Waals surface area contributed by atoms with Crippen LogP contribution in [0, 0.1) is 29.6 Å². The van der Waals surface area contributed by atoms with Gasteiger partial charge in [-0.15, -0.1) is 0 Å². The van der Waals surface area contributed by atoms with Crippen molar-refractivity contribution in [3.8, 4) is 17.2 Å². The van der Waals surface area contributed by atoms with E-state index in [1.165, 1.54) is 6.20 Å². The van der Waals surface area contributed by atoms with Gasteiger partial charge >= 0.3 is 0 Å². The highest BCUT2D eigenvalue weighted by molar-refractivity contribution is 6.02. The lowest BCUT2D eigenvalue weighted by Gasteiger charge is -2.22. The van der Waals surface area contributed by atoms with Gasteiger partial charge in [-0.1, -0.05) is 6.92 Å². The van der Waals surface area contributed by atoms with Gasteiger partial charge in [0.15, 0.2) is 0 Å². The second kappa shape index (κ2) is 8.13. The highest BCUT2D eigenvalue weighted by Crippen LogP contribution is 2.47. The molecular formula is C25H27N7O2. The summed E-state index contributed by atoms with van der Waals surface area (Å²) >= 11 is 0. The molecule has 3 aromatic rings. The third-order valence-corrected chi connectivity index (χ3v) is 7.09. The Labute approximate surface area is 197 Å². The molecule has 2 amide bonds. The number of rotatable bonds is 6. The summed E-state index contributed by atoms with van der Waals surface area (Å²) in [6.45, 7) is 5.09. The van der Waals surface area contributed by atoms with Crippen molar-refractivity contribution in [3.05, 3.63) is 48.0 Å². The monoisotopic (exact) mass is 457 g/mol. The summed E-state index contributed by atoms with van der Waals surface area (Å²) in [4.78, 5) is 31.3. The van der Waals surface area contributed by atoms with Gasteiger partial charge in [0.05, 0.1) is 29.0 Å². The summed E-state index contributed by atoms with van der Waals surface area (Å²) in [5, 5.41) is 17.4. The first kappa shape index (κ1) is 21.9. The predicted molar refractivity (Wildman–Crippen MR) is 127 cm³/mol. The molecule has 3 aromatic heterocycles. The van der Waals surface area contributed by atoms with Gasteiger partial charge in [-0.3, -0.25) is 14.6 Å². The van der Waals surface area contributed by atoms with E-state index in [2.05, 4.69) is 28.4 Å². The minimum absolute atomic E-state index is 0.0748. The Balaban J connectivity index is 1.50. The fourth-order valence-corrected chi connectivity index (χ4v) is 4.88. The van der Waals surface area contributed by atoms with E-state index >= 15 is 0 Å². The number of pyridine rings is 1. The Hall–Kier alpha value is -3.93. The lowest BCUT2D eigenvalue weighted by molar-refractivity contribution is -0.134. The van der Waals surface area contributed by atoms with Gasteiger partial charge in [0.1, 0.15) is 5.41 Å². The van der Waals surface area contributed by atoms with Crippen molar-refractivity contribution in [3.63, 3.8) is 0 Å². The molecule has 1 saturated heterocycles. The van der Waals surface area contributed by atoms with Crippen molar-refractivity contribution in [1.29, 1.82) is 5.26 Å². The SMILES string of the molecule is CC[C@@H]1CN(C(=O)C2(C#N)CC2)C[C@H]1Nc1c(C(N)=O)cnn2cc(-c3ccnc(C)c3)cc12. The van der Waals surface area contributed by atoms with Crippen LogP contribution in [0.5, 0.6) is 0 Å². The Morgan fingerprint density at radius 1 is 1.29 bits per heavy atom. The second-order valence-electron chi connectivity index (χ2n) is 9.37. The smallest absolute Gasteiger partial charge is 0.252 e. The zero-order valence-corrected chi connectivity index (χ0v) is 19.3. The number of carbonyl (C=O) groups is 2. The number of primary amides is 1. The molecule has 174 valence electrons. The number of likely N-dealkylation sites (tertiary alicyclic amines) is 1. The summed E-state index contributed by atoms with van der Waals surface area (Å²) in [6, 6.07) is 8.03. The number of hydrogen-bond acceptors (Lipinski definition) is 6. The van der Waals surface area contributed by atoms with E-state index in [-0.39, 0.29) is 17.9 Å². The molecular weight excluding hydrogens is 430 g/mol. The van der Waals surface area contributed by atoms with E-state index in [9.17, 15) is 14.9 Å². The molecule has 5 rings (SSSR count). The highest BCUT2D eigenvalue weighted by atomic mass is 16.2. The number of amides is 2. The van der Waals surface area contributed by atoms with Crippen molar-refractivity contribution in [1.82, 2.24) is 19.5 Å². The van der Waals surface area contributed by atoms with Crippen LogP contribution in [0.2, 0.25) is 0 Å². The fourth-order valence-electron chi connectivity index (χ4n) is 4.88. The lowest BCUT2D eigenvalue weighted by atomic mass is 10.00. The van der Waals surface area contributed by atoms with Crippen LogP contribution in [0.1, 0.15) is 42.2 Å². The van der Waals surface area contributed by atoms with Gasteiger partial charge in [-0.05, 0) is 55.9 Å². The number of carbonyl (C=O) groups excluding carboxylic acids is 2. The molecule has 34 heavy (non-hydrogen) atoms. The first-order valence-electron chi connectivity index (χ1n) is 11.6. The van der Waals surface area contributed by atoms with Crippen molar-refractivity contribution < 1.29 is 9.59 Å². The zero-order valence-electron chi connectivity index (χ0n) is 19.3. The van der Waals surface area contributed by atoms with Gasteiger partial charge < -0.3 is 16.0 Å². The number of aryl methyl sites for hydroxylation is 1. The molecule has 0 unspecified atom stereocenters. The maximum absolute atomic E-state index is 13.0. The van der Waals surface area contributed by atoms with E-state index in [4.69, 9.17) is 5.73 Å². The minimum Gasteiger partial charge on any atom is -0.378 e. The standard InChI is InChI=1S/C25H27N7O2/c1-3-16-11-31(24(34)25(14-26)5-6-25)13-20(16)30-22-19(23(27)33)10-29-32-12-18(9-21(22)32)17-4-7-28-15(2)8-17/h4,7-10,12,16,20,30H,3,5-6,11,13H2,1-2H3,(H2,27,33)/t16-,20-/m1/s1. The summed E-state index contributed by atoms with van der Waals surface area (Å²) in [5.74, 6) is -0.462. The molecule has 3 N–H and O–H groups in total. The highest BCUT2D eigenvalue weighted by Gasteiger charge is 2.54. The third kappa shape index (κ3) is 3.65. The molecule has 0 radical (unpaired) electrons. The molecule has 2 atom stereocenters. The molecule has 1 aliphatic heterocycles. The molecule has 9 heteroatoms. The summed E-state index contributed by atoms with van der Waals surface area (Å²) in [7, 11) is 0. The Bertz CT molecular complexity index is 1330. The number of nitrogens with zero attached hydrogens (tertiary/aromatic N) is 5. The first-order chi connectivity index (χ1) is 16.3. The number of nitrogens with one attached hydrogen (secondary N) is 1. The largest absolute Gasteiger partial charge is 0.378 e. The molecule has 0 spiro atoms. The van der Waals surface area contributed by atoms with Gasteiger partial charge in [0, 0.05) is 42.8 Å². The first-order valence-corrected chi connectivity index (χ1v) is 11.6. The van der Waals surface area contributed by atoms with Gasteiger partial charge in [-0.25, -0.2) is 4.52 Å². The maximum Gasteiger partial charge on any atom is 0.252 e. The number of anilines is 1. The molecule has 1 aliphatic carbocycles. The van der Waals surface area contributed by atoms with Crippen LogP contribution in [-0.2, 0) is 4.79 Å². The summed E-state index contributed by atoms with van der Waals surface area (Å²) < 4.78 is 1.73. The molecule has 1 saturated carbocycles. The van der Waals surface area contributed by atoms with Crippen LogP contribution in [0.4, 0.5) is 5.69 Å². The van der Waals surface area contributed by atoms with Crippen LogP contribution in [0.15, 0.2) is 36.8 Å². The average Bonchev–Trinajstić information content (AvgIpc) is 3.33. The zero-order chi connectivity index (χ0) is 24.0. The summed E-state index contributed by atoms with van der Waals surface area (Å²) in [6.07, 6.45) is 7.27. The second-order valence-corrected chi connectivity index (χ2v) is 9.37. The van der Waals surface area contributed by atoms with Gasteiger partial charge in [0.25, 0.3) is 5.91 Å². The number of nitriles is 1. The van der Waals surface area contributed by atoms with E-state index in [0.29, 0.717) is 37.2 Å². The molecule has 9 nitrogen and oxygen atoms in total. The predicted octanol–water partition coefficient (Wildman–Crippen LogP) is 2.76. The molecule has 2 fully saturated rings. The van der Waals surface area contributed by atoms with Crippen LogP contribution >= 0.6 is 0 Å². The number of aromatic nitrogens is 3. The van der Waals surface area contributed by atoms with Crippen LogP contribution in [0.3, 0.4) is 0 Å². The molecule has 4 heterocycles. The number of fused-ring (bicyclic) bond motifs is 1. The van der Waals surface area contributed by atoms with Gasteiger partial charge in [-0.2, -0.15) is 10.4 Å². The van der Waals surface area contributed by atoms with Crippen molar-refractivity contribution in [2.45, 2.75) is 39.2 Å². The maximum atomic E-state index is 13.0. The topological polar surface area (TPSA) is 129 Å². The lowest BCUT2D eigenvalue weighted by Crippen LogP contribution is -2.36. The fraction of sp³-hybridized carbons (Fsp3) is 0.400. The van der Waals surface area contributed by atoms with Crippen molar-refractivity contribution in [2.24, 2.45) is 17.1 Å². The normalized spacial score (nSPS) is 20.8. The third-order valence-electron chi connectivity index (χ3n) is 7.09. The van der Waals surface area contributed by atoms with Gasteiger partial charge in [0.2, 0.25) is 5.91 Å².